The lowest BCUT2D eigenvalue weighted by Gasteiger charge is -2.09. The Morgan fingerprint density at radius 3 is 2.64 bits per heavy atom. The van der Waals surface area contributed by atoms with Crippen molar-refractivity contribution in [2.75, 3.05) is 6.54 Å². The quantitative estimate of drug-likeness (QED) is 0.515. The molecule has 3 rings (SSSR count). The summed E-state index contributed by atoms with van der Waals surface area (Å²) >= 11 is 0. The van der Waals surface area contributed by atoms with Crippen molar-refractivity contribution < 1.29 is 4.79 Å². The van der Waals surface area contributed by atoms with Crippen LogP contribution in [0, 0.1) is 6.92 Å². The number of aromatic nitrogens is 2. The molecule has 0 aliphatic carbocycles. The zero-order valence-electron chi connectivity index (χ0n) is 17.1. The first kappa shape index (κ1) is 20.1. The summed E-state index contributed by atoms with van der Waals surface area (Å²) in [4.78, 5) is 16.9. The first-order chi connectivity index (χ1) is 13.7. The van der Waals surface area contributed by atoms with E-state index in [0.717, 1.165) is 56.3 Å². The van der Waals surface area contributed by atoms with Gasteiger partial charge in [0.05, 0.1) is 17.5 Å². The third kappa shape index (κ3) is 5.22. The highest BCUT2D eigenvalue weighted by molar-refractivity contribution is 5.78. The first-order valence-electron chi connectivity index (χ1n) is 10.4. The number of carbonyl (C=O) groups excluding carboxylic acids is 1. The fourth-order valence-electron chi connectivity index (χ4n) is 3.65. The van der Waals surface area contributed by atoms with Gasteiger partial charge in [0.2, 0.25) is 5.91 Å². The van der Waals surface area contributed by atoms with E-state index < -0.39 is 0 Å². The Hall–Kier alpha value is -2.62. The maximum absolute atomic E-state index is 12.1. The molecule has 1 N–H and O–H groups in total. The van der Waals surface area contributed by atoms with Crippen LogP contribution in [0.2, 0.25) is 0 Å². The van der Waals surface area contributed by atoms with E-state index in [0.29, 0.717) is 6.42 Å². The minimum Gasteiger partial charge on any atom is -0.356 e. The summed E-state index contributed by atoms with van der Waals surface area (Å²) in [5.74, 6) is 1.30. The summed E-state index contributed by atoms with van der Waals surface area (Å²) in [6, 6.07) is 16.5. The molecule has 3 aromatic rings. The topological polar surface area (TPSA) is 46.9 Å². The van der Waals surface area contributed by atoms with Gasteiger partial charge in [0.25, 0.3) is 0 Å². The smallest absolute Gasteiger partial charge is 0.224 e. The molecule has 0 atom stereocenters. The van der Waals surface area contributed by atoms with Crippen LogP contribution in [0.1, 0.15) is 49.6 Å². The van der Waals surface area contributed by atoms with Crippen molar-refractivity contribution in [1.29, 1.82) is 0 Å². The Morgan fingerprint density at radius 1 is 1.04 bits per heavy atom. The molecule has 0 spiro atoms. The standard InChI is InChI=1S/C24H31N3O/c1-3-17-27-22-14-9-8-13-21(22)26-23(27)15-5-4-10-16-25-24(28)18-20-12-7-6-11-19(20)2/h6-9,11-14H,3-5,10,15-18H2,1-2H3,(H,25,28). The third-order valence-electron chi connectivity index (χ3n) is 5.19. The Morgan fingerprint density at radius 2 is 1.82 bits per heavy atom. The van der Waals surface area contributed by atoms with Crippen molar-refractivity contribution in [1.82, 2.24) is 14.9 Å². The molecule has 148 valence electrons. The number of benzene rings is 2. The molecule has 0 fully saturated rings. The second kappa shape index (κ2) is 10.1. The predicted molar refractivity (Wildman–Crippen MR) is 115 cm³/mol. The van der Waals surface area contributed by atoms with Gasteiger partial charge < -0.3 is 9.88 Å². The molecule has 0 aliphatic rings. The van der Waals surface area contributed by atoms with Crippen LogP contribution in [-0.4, -0.2) is 22.0 Å². The Balaban J connectivity index is 1.40. The van der Waals surface area contributed by atoms with Gasteiger partial charge in [0.15, 0.2) is 0 Å². The fourth-order valence-corrected chi connectivity index (χ4v) is 3.65. The Bertz CT molecular complexity index is 913. The van der Waals surface area contributed by atoms with Gasteiger partial charge in [-0.05, 0) is 49.4 Å². The second-order valence-electron chi connectivity index (χ2n) is 7.43. The van der Waals surface area contributed by atoms with Crippen LogP contribution >= 0.6 is 0 Å². The third-order valence-corrected chi connectivity index (χ3v) is 5.19. The second-order valence-corrected chi connectivity index (χ2v) is 7.43. The molecule has 1 amide bonds. The van der Waals surface area contributed by atoms with Crippen LogP contribution in [0.4, 0.5) is 0 Å². The molecule has 0 bridgehead atoms. The molecule has 2 aromatic carbocycles. The van der Waals surface area contributed by atoms with E-state index >= 15 is 0 Å². The zero-order chi connectivity index (χ0) is 19.8. The SMILES string of the molecule is CCCn1c(CCCCCNC(=O)Cc2ccccc2C)nc2ccccc21. The number of fused-ring (bicyclic) bond motifs is 1. The van der Waals surface area contributed by atoms with E-state index in [1.165, 1.54) is 16.9 Å². The molecule has 1 heterocycles. The van der Waals surface area contributed by atoms with E-state index in [9.17, 15) is 4.79 Å². The van der Waals surface area contributed by atoms with Crippen molar-refractivity contribution >= 4 is 16.9 Å². The molecule has 0 radical (unpaired) electrons. The highest BCUT2D eigenvalue weighted by atomic mass is 16.1. The summed E-state index contributed by atoms with van der Waals surface area (Å²) in [7, 11) is 0. The lowest BCUT2D eigenvalue weighted by Crippen LogP contribution is -2.26. The fraction of sp³-hybridized carbons (Fsp3) is 0.417. The molecule has 4 nitrogen and oxygen atoms in total. The minimum absolute atomic E-state index is 0.110. The average molecular weight is 378 g/mol. The number of unbranched alkanes of at least 4 members (excludes halogenated alkanes) is 2. The number of rotatable bonds is 10. The van der Waals surface area contributed by atoms with Crippen molar-refractivity contribution in [2.45, 2.75) is 58.9 Å². The summed E-state index contributed by atoms with van der Waals surface area (Å²) in [5.41, 5.74) is 4.61. The number of para-hydroxylation sites is 2. The summed E-state index contributed by atoms with van der Waals surface area (Å²) < 4.78 is 2.36. The highest BCUT2D eigenvalue weighted by Crippen LogP contribution is 2.18. The normalized spacial score (nSPS) is 11.1. The molecule has 28 heavy (non-hydrogen) atoms. The maximum Gasteiger partial charge on any atom is 0.224 e. The number of carbonyl (C=O) groups is 1. The molecule has 0 saturated carbocycles. The largest absolute Gasteiger partial charge is 0.356 e. The van der Waals surface area contributed by atoms with Crippen LogP contribution in [0.15, 0.2) is 48.5 Å². The molecule has 1 aromatic heterocycles. The summed E-state index contributed by atoms with van der Waals surface area (Å²) in [6.07, 6.45) is 5.77. The average Bonchev–Trinajstić information content (AvgIpc) is 3.04. The predicted octanol–water partition coefficient (Wildman–Crippen LogP) is 4.83. The van der Waals surface area contributed by atoms with E-state index in [4.69, 9.17) is 4.98 Å². The number of amides is 1. The van der Waals surface area contributed by atoms with Crippen molar-refractivity contribution in [3.63, 3.8) is 0 Å². The van der Waals surface area contributed by atoms with Gasteiger partial charge in [0, 0.05) is 19.5 Å². The van der Waals surface area contributed by atoms with E-state index in [-0.39, 0.29) is 5.91 Å². The van der Waals surface area contributed by atoms with Crippen LogP contribution in [0.5, 0.6) is 0 Å². The van der Waals surface area contributed by atoms with Gasteiger partial charge in [-0.1, -0.05) is 49.7 Å². The van der Waals surface area contributed by atoms with Gasteiger partial charge >= 0.3 is 0 Å². The maximum atomic E-state index is 12.1. The van der Waals surface area contributed by atoms with Gasteiger partial charge in [-0.2, -0.15) is 0 Å². The van der Waals surface area contributed by atoms with E-state index in [2.05, 4.69) is 54.1 Å². The number of aryl methyl sites for hydroxylation is 3. The Labute approximate surface area is 168 Å². The summed E-state index contributed by atoms with van der Waals surface area (Å²) in [6.45, 7) is 6.02. The molecular weight excluding hydrogens is 346 g/mol. The zero-order valence-corrected chi connectivity index (χ0v) is 17.1. The van der Waals surface area contributed by atoms with Crippen LogP contribution < -0.4 is 5.32 Å². The van der Waals surface area contributed by atoms with Crippen molar-refractivity contribution in [3.8, 4) is 0 Å². The van der Waals surface area contributed by atoms with Gasteiger partial charge in [-0.3, -0.25) is 4.79 Å². The van der Waals surface area contributed by atoms with Crippen LogP contribution in [0.25, 0.3) is 11.0 Å². The number of nitrogens with one attached hydrogen (secondary N) is 1. The van der Waals surface area contributed by atoms with Crippen molar-refractivity contribution in [2.24, 2.45) is 0 Å². The van der Waals surface area contributed by atoms with E-state index in [1.807, 2.05) is 18.2 Å². The van der Waals surface area contributed by atoms with Gasteiger partial charge in [-0.15, -0.1) is 0 Å². The Kier molecular flexibility index (Phi) is 7.24. The highest BCUT2D eigenvalue weighted by Gasteiger charge is 2.09. The van der Waals surface area contributed by atoms with Crippen molar-refractivity contribution in [3.05, 3.63) is 65.5 Å². The van der Waals surface area contributed by atoms with Gasteiger partial charge in [0.1, 0.15) is 5.82 Å². The minimum atomic E-state index is 0.110. The lowest BCUT2D eigenvalue weighted by atomic mass is 10.1. The lowest BCUT2D eigenvalue weighted by molar-refractivity contribution is -0.120. The number of imidazole rings is 1. The molecule has 4 heteroatoms. The molecule has 0 saturated heterocycles. The molecule has 0 aliphatic heterocycles. The number of nitrogens with zero attached hydrogens (tertiary/aromatic N) is 2. The number of hydrogen-bond acceptors (Lipinski definition) is 2. The molecule has 0 unspecified atom stereocenters. The van der Waals surface area contributed by atoms with Crippen LogP contribution in [-0.2, 0) is 24.2 Å². The van der Waals surface area contributed by atoms with E-state index in [1.54, 1.807) is 0 Å². The summed E-state index contributed by atoms with van der Waals surface area (Å²) in [5, 5.41) is 3.05. The number of hydrogen-bond donors (Lipinski definition) is 1. The van der Waals surface area contributed by atoms with Gasteiger partial charge in [-0.25, -0.2) is 4.98 Å². The first-order valence-corrected chi connectivity index (χ1v) is 10.4. The monoisotopic (exact) mass is 377 g/mol. The van der Waals surface area contributed by atoms with Crippen LogP contribution in [0.3, 0.4) is 0 Å². The molecular formula is C24H31N3O.